The number of carboxylic acid groups (broad SMARTS) is 1. The first kappa shape index (κ1) is 14.3. The van der Waals surface area contributed by atoms with Crippen molar-refractivity contribution in [2.45, 2.75) is 26.3 Å². The van der Waals surface area contributed by atoms with E-state index in [4.69, 9.17) is 11.6 Å². The summed E-state index contributed by atoms with van der Waals surface area (Å²) in [6, 6.07) is 4.32. The molecule has 1 N–H and O–H groups in total. The van der Waals surface area contributed by atoms with Crippen LogP contribution in [-0.2, 0) is 11.3 Å². The van der Waals surface area contributed by atoms with Gasteiger partial charge in [0.05, 0.1) is 5.41 Å². The van der Waals surface area contributed by atoms with E-state index in [0.29, 0.717) is 31.0 Å². The van der Waals surface area contributed by atoms with Crippen molar-refractivity contribution in [1.29, 1.82) is 0 Å². The van der Waals surface area contributed by atoms with Crippen molar-refractivity contribution in [1.82, 2.24) is 4.90 Å². The van der Waals surface area contributed by atoms with Gasteiger partial charge in [0, 0.05) is 18.1 Å². The predicted octanol–water partition coefficient (Wildman–Crippen LogP) is 3.17. The molecule has 19 heavy (non-hydrogen) atoms. The van der Waals surface area contributed by atoms with Crippen LogP contribution in [0.5, 0.6) is 0 Å². The van der Waals surface area contributed by atoms with Crippen molar-refractivity contribution in [3.05, 3.63) is 34.6 Å². The monoisotopic (exact) mass is 285 g/mol. The first-order chi connectivity index (χ1) is 8.97. The van der Waals surface area contributed by atoms with Crippen molar-refractivity contribution in [2.24, 2.45) is 5.41 Å². The van der Waals surface area contributed by atoms with Gasteiger partial charge in [-0.3, -0.25) is 9.69 Å². The van der Waals surface area contributed by atoms with Crippen molar-refractivity contribution in [3.8, 4) is 0 Å². The third-order valence-corrected chi connectivity index (χ3v) is 4.32. The summed E-state index contributed by atoms with van der Waals surface area (Å²) in [4.78, 5) is 13.4. The number of rotatable bonds is 4. The second-order valence-corrected chi connectivity index (χ2v) is 5.54. The summed E-state index contributed by atoms with van der Waals surface area (Å²) >= 11 is 5.99. The van der Waals surface area contributed by atoms with Crippen LogP contribution in [0.25, 0.3) is 0 Å². The van der Waals surface area contributed by atoms with Gasteiger partial charge in [-0.05, 0) is 37.1 Å². The third-order valence-electron chi connectivity index (χ3n) is 3.97. The molecule has 1 atom stereocenters. The lowest BCUT2D eigenvalue weighted by Crippen LogP contribution is -2.33. The molecule has 1 heterocycles. The predicted molar refractivity (Wildman–Crippen MR) is 71.7 cm³/mol. The highest BCUT2D eigenvalue weighted by Gasteiger charge is 2.43. The molecule has 0 bridgehead atoms. The number of carboxylic acids is 1. The molecule has 1 saturated heterocycles. The highest BCUT2D eigenvalue weighted by atomic mass is 35.5. The van der Waals surface area contributed by atoms with Crippen LogP contribution in [0.3, 0.4) is 0 Å². The third kappa shape index (κ3) is 2.90. The summed E-state index contributed by atoms with van der Waals surface area (Å²) in [5.41, 5.74) is 0.187. The summed E-state index contributed by atoms with van der Waals surface area (Å²) in [6.07, 6.45) is 1.27. The van der Waals surface area contributed by atoms with Crippen LogP contribution in [-0.4, -0.2) is 29.1 Å². The summed E-state index contributed by atoms with van der Waals surface area (Å²) in [6.45, 7) is 3.72. The van der Waals surface area contributed by atoms with Gasteiger partial charge in [-0.1, -0.05) is 24.6 Å². The average molecular weight is 286 g/mol. The molecule has 104 valence electrons. The minimum Gasteiger partial charge on any atom is -0.481 e. The zero-order valence-corrected chi connectivity index (χ0v) is 11.6. The second-order valence-electron chi connectivity index (χ2n) is 5.14. The van der Waals surface area contributed by atoms with Crippen molar-refractivity contribution in [2.75, 3.05) is 13.1 Å². The van der Waals surface area contributed by atoms with E-state index in [1.807, 2.05) is 6.92 Å². The van der Waals surface area contributed by atoms with Crippen molar-refractivity contribution in [3.63, 3.8) is 0 Å². The largest absolute Gasteiger partial charge is 0.481 e. The molecular formula is C14H17ClFNO2. The highest BCUT2D eigenvalue weighted by Crippen LogP contribution is 2.35. The summed E-state index contributed by atoms with van der Waals surface area (Å²) in [7, 11) is 0. The number of carbonyl (C=O) groups is 1. The van der Waals surface area contributed by atoms with E-state index < -0.39 is 11.4 Å². The molecule has 1 unspecified atom stereocenters. The van der Waals surface area contributed by atoms with Gasteiger partial charge in [-0.2, -0.15) is 0 Å². The van der Waals surface area contributed by atoms with Gasteiger partial charge in [0.25, 0.3) is 0 Å². The van der Waals surface area contributed by atoms with Crippen LogP contribution < -0.4 is 0 Å². The maximum absolute atomic E-state index is 13.0. The minimum atomic E-state index is -0.734. The van der Waals surface area contributed by atoms with Crippen LogP contribution in [0.2, 0.25) is 5.02 Å². The maximum atomic E-state index is 13.0. The van der Waals surface area contributed by atoms with Crippen LogP contribution in [0.4, 0.5) is 4.39 Å². The number of hydrogen-bond donors (Lipinski definition) is 1. The fourth-order valence-corrected chi connectivity index (χ4v) is 2.83. The lowest BCUT2D eigenvalue weighted by molar-refractivity contribution is -0.148. The summed E-state index contributed by atoms with van der Waals surface area (Å²) in [5.74, 6) is -1.09. The van der Waals surface area contributed by atoms with E-state index >= 15 is 0 Å². The molecular weight excluding hydrogens is 269 g/mol. The maximum Gasteiger partial charge on any atom is 0.310 e. The molecule has 0 spiro atoms. The van der Waals surface area contributed by atoms with Crippen molar-refractivity contribution < 1.29 is 14.3 Å². The lowest BCUT2D eigenvalue weighted by Gasteiger charge is -2.23. The van der Waals surface area contributed by atoms with E-state index in [-0.39, 0.29) is 5.82 Å². The normalized spacial score (nSPS) is 23.7. The molecule has 1 aromatic rings. The van der Waals surface area contributed by atoms with Gasteiger partial charge < -0.3 is 5.11 Å². The van der Waals surface area contributed by atoms with E-state index in [0.717, 1.165) is 12.1 Å². The fourth-order valence-electron chi connectivity index (χ4n) is 2.60. The Morgan fingerprint density at radius 1 is 1.58 bits per heavy atom. The smallest absolute Gasteiger partial charge is 0.310 e. The Morgan fingerprint density at radius 2 is 2.32 bits per heavy atom. The number of nitrogens with zero attached hydrogens (tertiary/aromatic N) is 1. The Hall–Kier alpha value is -1.13. The van der Waals surface area contributed by atoms with E-state index in [9.17, 15) is 14.3 Å². The van der Waals surface area contributed by atoms with Crippen LogP contribution in [0.1, 0.15) is 25.3 Å². The summed E-state index contributed by atoms with van der Waals surface area (Å²) in [5, 5.41) is 9.73. The molecule has 5 heteroatoms. The topological polar surface area (TPSA) is 40.5 Å². The number of benzene rings is 1. The second kappa shape index (κ2) is 5.47. The highest BCUT2D eigenvalue weighted by molar-refractivity contribution is 6.31. The van der Waals surface area contributed by atoms with Gasteiger partial charge in [-0.25, -0.2) is 4.39 Å². The van der Waals surface area contributed by atoms with E-state index in [1.54, 1.807) is 6.07 Å². The Bertz CT molecular complexity index is 494. The molecule has 1 aliphatic heterocycles. The van der Waals surface area contributed by atoms with Crippen LogP contribution in [0, 0.1) is 11.2 Å². The molecule has 0 aliphatic carbocycles. The Kier molecular flexibility index (Phi) is 4.11. The number of aliphatic carboxylic acids is 1. The number of halogens is 2. The van der Waals surface area contributed by atoms with E-state index in [2.05, 4.69) is 4.90 Å². The van der Waals surface area contributed by atoms with Gasteiger partial charge in [0.1, 0.15) is 5.82 Å². The van der Waals surface area contributed by atoms with Crippen molar-refractivity contribution >= 4 is 17.6 Å². The van der Waals surface area contributed by atoms with Gasteiger partial charge in [0.2, 0.25) is 0 Å². The Morgan fingerprint density at radius 3 is 2.84 bits per heavy atom. The fraction of sp³-hybridized carbons (Fsp3) is 0.500. The first-order valence-electron chi connectivity index (χ1n) is 6.36. The number of likely N-dealkylation sites (tertiary alicyclic amines) is 1. The molecule has 1 fully saturated rings. The minimum absolute atomic E-state index is 0.358. The number of hydrogen-bond acceptors (Lipinski definition) is 2. The van der Waals surface area contributed by atoms with Crippen LogP contribution >= 0.6 is 11.6 Å². The quantitative estimate of drug-likeness (QED) is 0.924. The molecule has 1 aromatic carbocycles. The average Bonchev–Trinajstić information content (AvgIpc) is 2.77. The summed E-state index contributed by atoms with van der Waals surface area (Å²) < 4.78 is 13.0. The zero-order valence-electron chi connectivity index (χ0n) is 10.8. The van der Waals surface area contributed by atoms with E-state index in [1.165, 1.54) is 12.1 Å². The standard InChI is InChI=1S/C14H17ClFNO2/c1-2-14(13(18)19)5-6-17(9-14)8-10-3-4-11(16)7-12(10)15/h3-4,7H,2,5-6,8-9H2,1H3,(H,18,19). The Balaban J connectivity index is 2.08. The lowest BCUT2D eigenvalue weighted by atomic mass is 9.84. The molecule has 1 aliphatic rings. The first-order valence-corrected chi connectivity index (χ1v) is 6.74. The van der Waals surface area contributed by atoms with Crippen LogP contribution in [0.15, 0.2) is 18.2 Å². The Labute approximate surface area is 117 Å². The van der Waals surface area contributed by atoms with Gasteiger partial charge in [0.15, 0.2) is 0 Å². The molecule has 0 radical (unpaired) electrons. The zero-order chi connectivity index (χ0) is 14.0. The molecule has 0 saturated carbocycles. The van der Waals surface area contributed by atoms with Gasteiger partial charge in [-0.15, -0.1) is 0 Å². The molecule has 3 nitrogen and oxygen atoms in total. The SMILES string of the molecule is CCC1(C(=O)O)CCN(Cc2ccc(F)cc2Cl)C1. The molecule has 2 rings (SSSR count). The molecule has 0 aromatic heterocycles. The molecule has 0 amide bonds. The van der Waals surface area contributed by atoms with Gasteiger partial charge >= 0.3 is 5.97 Å².